The van der Waals surface area contributed by atoms with Gasteiger partial charge in [0.2, 0.25) is 18.5 Å². The second-order valence-corrected chi connectivity index (χ2v) is 7.75. The van der Waals surface area contributed by atoms with E-state index in [1.54, 1.807) is 30.3 Å². The van der Waals surface area contributed by atoms with Crippen molar-refractivity contribution in [2.75, 3.05) is 12.1 Å². The third kappa shape index (κ3) is 3.28. The Morgan fingerprint density at radius 2 is 1.97 bits per heavy atom. The first-order chi connectivity index (χ1) is 15.5. The van der Waals surface area contributed by atoms with Crippen molar-refractivity contribution in [2.24, 2.45) is 0 Å². The van der Waals surface area contributed by atoms with Crippen LogP contribution in [-0.2, 0) is 17.9 Å². The zero-order valence-electron chi connectivity index (χ0n) is 17.0. The maximum Gasteiger partial charge on any atom is 0.352 e. The number of carbonyl (C=O) groups is 1. The molecule has 0 radical (unpaired) electrons. The number of hydrogen-bond acceptors (Lipinski definition) is 6. The van der Waals surface area contributed by atoms with Crippen LogP contribution in [0.2, 0.25) is 5.02 Å². The van der Waals surface area contributed by atoms with Crippen molar-refractivity contribution in [3.05, 3.63) is 62.3 Å². The Kier molecular flexibility index (Phi) is 4.86. The lowest BCUT2D eigenvalue weighted by Gasteiger charge is -2.08. The summed E-state index contributed by atoms with van der Waals surface area (Å²) in [5.41, 5.74) is 0.0602. The number of hydrogen-bond donors (Lipinski definition) is 1. The molecule has 0 unspecified atom stereocenters. The molecule has 0 aliphatic carbocycles. The van der Waals surface area contributed by atoms with Crippen LogP contribution in [0.4, 0.5) is 5.69 Å². The Labute approximate surface area is 185 Å². The minimum atomic E-state index is -0.530. The van der Waals surface area contributed by atoms with E-state index < -0.39 is 11.6 Å². The fraction of sp³-hybridized carbons (Fsp3) is 0.238. The molecule has 1 amide bonds. The van der Waals surface area contributed by atoms with Crippen molar-refractivity contribution in [1.82, 2.24) is 18.7 Å². The maximum absolute atomic E-state index is 13.1. The molecule has 5 rings (SSSR count). The van der Waals surface area contributed by atoms with Gasteiger partial charge in [0.1, 0.15) is 6.54 Å². The van der Waals surface area contributed by atoms with Crippen molar-refractivity contribution in [3.63, 3.8) is 0 Å². The van der Waals surface area contributed by atoms with Crippen LogP contribution in [0.1, 0.15) is 13.3 Å². The molecule has 3 heterocycles. The van der Waals surface area contributed by atoms with Crippen molar-refractivity contribution < 1.29 is 14.3 Å². The van der Waals surface area contributed by atoms with Crippen LogP contribution < -0.4 is 26.0 Å². The molecule has 11 heteroatoms. The second kappa shape index (κ2) is 7.72. The predicted octanol–water partition coefficient (Wildman–Crippen LogP) is 2.24. The molecule has 0 saturated heterocycles. The molecule has 0 fully saturated rings. The highest BCUT2D eigenvalue weighted by Gasteiger charge is 2.19. The standard InChI is InChI=1S/C21H18ClN5O5/c1-2-7-25-19(29)14-8-12(22)3-5-15(14)27-20(25)24-26(21(27)30)10-18(28)23-13-4-6-16-17(9-13)32-11-31-16/h3-6,8-9H,2,7,10-11H2,1H3,(H,23,28). The lowest BCUT2D eigenvalue weighted by Crippen LogP contribution is -2.29. The summed E-state index contributed by atoms with van der Waals surface area (Å²) in [4.78, 5) is 38.8. The average molecular weight is 456 g/mol. The Morgan fingerprint density at radius 1 is 1.16 bits per heavy atom. The number of anilines is 1. The third-order valence-corrected chi connectivity index (χ3v) is 5.37. The van der Waals surface area contributed by atoms with E-state index in [-0.39, 0.29) is 24.7 Å². The number of nitrogens with zero attached hydrogens (tertiary/aromatic N) is 4. The zero-order chi connectivity index (χ0) is 22.4. The van der Waals surface area contributed by atoms with Crippen LogP contribution in [0.3, 0.4) is 0 Å². The normalized spacial score (nSPS) is 12.6. The van der Waals surface area contributed by atoms with Crippen molar-refractivity contribution in [1.29, 1.82) is 0 Å². The molecule has 1 N–H and O–H groups in total. The van der Waals surface area contributed by atoms with Gasteiger partial charge in [-0.05, 0) is 36.8 Å². The van der Waals surface area contributed by atoms with E-state index in [2.05, 4.69) is 10.4 Å². The van der Waals surface area contributed by atoms with E-state index in [4.69, 9.17) is 21.1 Å². The van der Waals surface area contributed by atoms with Crippen molar-refractivity contribution in [2.45, 2.75) is 26.4 Å². The predicted molar refractivity (Wildman–Crippen MR) is 118 cm³/mol. The van der Waals surface area contributed by atoms with Crippen molar-refractivity contribution >= 4 is 39.9 Å². The van der Waals surface area contributed by atoms with Gasteiger partial charge in [0.15, 0.2) is 11.5 Å². The molecule has 0 bridgehead atoms. The van der Waals surface area contributed by atoms with Gasteiger partial charge in [-0.2, -0.15) is 0 Å². The molecule has 10 nitrogen and oxygen atoms in total. The summed E-state index contributed by atoms with van der Waals surface area (Å²) in [7, 11) is 0. The average Bonchev–Trinajstić information content (AvgIpc) is 3.35. The number of fused-ring (bicyclic) bond motifs is 4. The number of nitrogens with one attached hydrogen (secondary N) is 1. The summed E-state index contributed by atoms with van der Waals surface area (Å²) in [6.07, 6.45) is 0.660. The highest BCUT2D eigenvalue weighted by Crippen LogP contribution is 2.34. The second-order valence-electron chi connectivity index (χ2n) is 7.31. The Bertz CT molecular complexity index is 1500. The number of aryl methyl sites for hydroxylation is 1. The highest BCUT2D eigenvalue weighted by atomic mass is 35.5. The van der Waals surface area contributed by atoms with Gasteiger partial charge in [0, 0.05) is 23.3 Å². The minimum absolute atomic E-state index is 0.127. The van der Waals surface area contributed by atoms with Crippen molar-refractivity contribution in [3.8, 4) is 11.5 Å². The lowest BCUT2D eigenvalue weighted by atomic mass is 10.2. The first kappa shape index (κ1) is 20.1. The number of benzene rings is 2. The minimum Gasteiger partial charge on any atom is -0.454 e. The van der Waals surface area contributed by atoms with Gasteiger partial charge in [0.05, 0.1) is 10.9 Å². The molecule has 4 aromatic rings. The molecule has 1 aliphatic heterocycles. The molecule has 0 saturated carbocycles. The fourth-order valence-corrected chi connectivity index (χ4v) is 3.90. The third-order valence-electron chi connectivity index (χ3n) is 5.14. The van der Waals surface area contributed by atoms with Gasteiger partial charge in [-0.15, -0.1) is 5.10 Å². The molecule has 32 heavy (non-hydrogen) atoms. The van der Waals surface area contributed by atoms with E-state index in [0.29, 0.717) is 46.1 Å². The fourth-order valence-electron chi connectivity index (χ4n) is 3.73. The van der Waals surface area contributed by atoms with Crippen LogP contribution in [0.25, 0.3) is 16.7 Å². The highest BCUT2D eigenvalue weighted by molar-refractivity contribution is 6.31. The number of rotatable bonds is 5. The number of halogens is 1. The first-order valence-corrected chi connectivity index (χ1v) is 10.3. The quantitative estimate of drug-likeness (QED) is 0.494. The Morgan fingerprint density at radius 3 is 2.78 bits per heavy atom. The maximum atomic E-state index is 13.1. The van der Waals surface area contributed by atoms with Gasteiger partial charge in [-0.1, -0.05) is 18.5 Å². The number of amides is 1. The zero-order valence-corrected chi connectivity index (χ0v) is 17.8. The number of aromatic nitrogens is 4. The molecule has 1 aliphatic rings. The molecule has 164 valence electrons. The van der Waals surface area contributed by atoms with Crippen LogP contribution in [0, 0.1) is 0 Å². The van der Waals surface area contributed by atoms with Crippen LogP contribution >= 0.6 is 11.6 Å². The first-order valence-electron chi connectivity index (χ1n) is 9.97. The summed E-state index contributed by atoms with van der Waals surface area (Å²) in [5.74, 6) is 0.848. The summed E-state index contributed by atoms with van der Waals surface area (Å²) in [5, 5.41) is 7.71. The smallest absolute Gasteiger partial charge is 0.352 e. The van der Waals surface area contributed by atoms with Gasteiger partial charge in [0.25, 0.3) is 5.56 Å². The molecule has 0 atom stereocenters. The van der Waals surface area contributed by atoms with E-state index >= 15 is 0 Å². The summed E-state index contributed by atoms with van der Waals surface area (Å²) >= 11 is 6.07. The van der Waals surface area contributed by atoms with Gasteiger partial charge in [-0.25, -0.2) is 13.9 Å². The molecule has 0 spiro atoms. The molecular formula is C21H18ClN5O5. The summed E-state index contributed by atoms with van der Waals surface area (Å²) in [6.45, 7) is 2.08. The van der Waals surface area contributed by atoms with E-state index in [0.717, 1.165) is 4.68 Å². The monoisotopic (exact) mass is 455 g/mol. The summed E-state index contributed by atoms with van der Waals surface area (Å²) in [6, 6.07) is 9.74. The van der Waals surface area contributed by atoms with Gasteiger partial charge in [-0.3, -0.25) is 14.2 Å². The van der Waals surface area contributed by atoms with Crippen LogP contribution in [-0.4, -0.2) is 31.4 Å². The topological polar surface area (TPSA) is 109 Å². The van der Waals surface area contributed by atoms with Gasteiger partial charge >= 0.3 is 5.69 Å². The van der Waals surface area contributed by atoms with Gasteiger partial charge < -0.3 is 14.8 Å². The van der Waals surface area contributed by atoms with E-state index in [1.807, 2.05) is 6.92 Å². The summed E-state index contributed by atoms with van der Waals surface area (Å²) < 4.78 is 14.4. The Balaban J connectivity index is 1.55. The number of carbonyl (C=O) groups excluding carboxylic acids is 1. The largest absolute Gasteiger partial charge is 0.454 e. The van der Waals surface area contributed by atoms with E-state index in [1.165, 1.54) is 15.0 Å². The lowest BCUT2D eigenvalue weighted by molar-refractivity contribution is -0.117. The molecule has 2 aromatic carbocycles. The van der Waals surface area contributed by atoms with Crippen LogP contribution in [0.15, 0.2) is 46.0 Å². The molecule has 2 aromatic heterocycles. The Hall–Kier alpha value is -3.79. The number of ether oxygens (including phenoxy) is 2. The SMILES string of the molecule is CCCn1c(=O)c2cc(Cl)ccc2n2c(=O)n(CC(=O)Nc3ccc4c(c3)OCO4)nc12. The molecular weight excluding hydrogens is 438 g/mol. The van der Waals surface area contributed by atoms with Crippen LogP contribution in [0.5, 0.6) is 11.5 Å². The van der Waals surface area contributed by atoms with E-state index in [9.17, 15) is 14.4 Å².